The van der Waals surface area contributed by atoms with E-state index in [1.165, 1.54) is 26.3 Å². The fourth-order valence-corrected chi connectivity index (χ4v) is 2.47. The molecule has 1 aromatic rings. The average molecular weight is 312 g/mol. The molecule has 0 saturated carbocycles. The molecule has 1 aliphatic rings. The number of nitrogens with two attached hydrogens (primary N) is 1. The second-order valence-electron chi connectivity index (χ2n) is 5.02. The largest absolute Gasteiger partial charge is 0.387 e. The molecule has 11 heteroatoms. The molecular formula is C11H16N6O5. The third-order valence-electron chi connectivity index (χ3n) is 3.56. The Kier molecular flexibility index (Phi) is 4.09. The quantitative estimate of drug-likeness (QED) is 0.360. The Labute approximate surface area is 124 Å². The van der Waals surface area contributed by atoms with E-state index in [1.807, 2.05) is 0 Å². The Hall–Kier alpha value is -2.17. The molecule has 0 amide bonds. The van der Waals surface area contributed by atoms with Crippen molar-refractivity contribution in [3.05, 3.63) is 33.2 Å². The number of ether oxygens (including phenoxy) is 2. The van der Waals surface area contributed by atoms with Crippen LogP contribution < -0.4 is 11.4 Å². The molecule has 120 valence electrons. The van der Waals surface area contributed by atoms with Crippen LogP contribution in [-0.4, -0.2) is 51.4 Å². The number of nitrogens with zero attached hydrogens (tertiary/aromatic N) is 5. The van der Waals surface area contributed by atoms with Gasteiger partial charge in [-0.3, -0.25) is 4.57 Å². The van der Waals surface area contributed by atoms with Gasteiger partial charge in [-0.05, 0) is 18.5 Å². The lowest BCUT2D eigenvalue weighted by Crippen LogP contribution is -2.48. The number of rotatable bonds is 4. The number of aliphatic hydroxyl groups is 2. The van der Waals surface area contributed by atoms with Crippen LogP contribution >= 0.6 is 0 Å². The molecule has 4 atom stereocenters. The first-order valence-electron chi connectivity index (χ1n) is 6.28. The Morgan fingerprint density at radius 3 is 2.86 bits per heavy atom. The summed E-state index contributed by atoms with van der Waals surface area (Å²) in [5.74, 6) is -0.00362. The zero-order valence-corrected chi connectivity index (χ0v) is 11.9. The Morgan fingerprint density at radius 2 is 2.32 bits per heavy atom. The number of anilines is 1. The molecule has 1 fully saturated rings. The van der Waals surface area contributed by atoms with Gasteiger partial charge in [0.1, 0.15) is 18.0 Å². The van der Waals surface area contributed by atoms with Gasteiger partial charge in [-0.2, -0.15) is 4.98 Å². The van der Waals surface area contributed by atoms with Crippen molar-refractivity contribution in [2.75, 3.05) is 19.5 Å². The van der Waals surface area contributed by atoms with Gasteiger partial charge < -0.3 is 25.4 Å². The smallest absolute Gasteiger partial charge is 0.351 e. The maximum absolute atomic E-state index is 12.0. The Balaban J connectivity index is 2.56. The van der Waals surface area contributed by atoms with Gasteiger partial charge in [0.25, 0.3) is 0 Å². The first-order valence-corrected chi connectivity index (χ1v) is 6.28. The highest BCUT2D eigenvalue weighted by molar-refractivity contribution is 5.24. The zero-order chi connectivity index (χ0) is 16.5. The lowest BCUT2D eigenvalue weighted by atomic mass is 10.0. The number of hydrogen-bond donors (Lipinski definition) is 3. The summed E-state index contributed by atoms with van der Waals surface area (Å²) in [6.07, 6.45) is -1.92. The molecule has 0 bridgehead atoms. The predicted octanol–water partition coefficient (Wildman–Crippen LogP) is -1.10. The second kappa shape index (κ2) is 5.55. The van der Waals surface area contributed by atoms with Crippen LogP contribution in [-0.2, 0) is 15.2 Å². The van der Waals surface area contributed by atoms with E-state index < -0.39 is 29.3 Å². The number of aromatic nitrogens is 2. The molecular weight excluding hydrogens is 296 g/mol. The van der Waals surface area contributed by atoms with Crippen molar-refractivity contribution in [3.63, 3.8) is 0 Å². The van der Waals surface area contributed by atoms with E-state index in [4.69, 9.17) is 20.7 Å². The van der Waals surface area contributed by atoms with Gasteiger partial charge in [-0.25, -0.2) is 4.79 Å². The van der Waals surface area contributed by atoms with Gasteiger partial charge in [0.2, 0.25) is 5.72 Å². The van der Waals surface area contributed by atoms with Gasteiger partial charge >= 0.3 is 5.69 Å². The number of methoxy groups -OCH3 is 1. The van der Waals surface area contributed by atoms with Crippen LogP contribution in [0.5, 0.6) is 0 Å². The number of hydrogen-bond acceptors (Lipinski definition) is 8. The predicted molar refractivity (Wildman–Crippen MR) is 73.4 cm³/mol. The molecule has 0 radical (unpaired) electrons. The van der Waals surface area contributed by atoms with Crippen molar-refractivity contribution in [3.8, 4) is 0 Å². The Morgan fingerprint density at radius 1 is 1.64 bits per heavy atom. The molecule has 4 N–H and O–H groups in total. The van der Waals surface area contributed by atoms with E-state index in [1.54, 1.807) is 0 Å². The van der Waals surface area contributed by atoms with Crippen molar-refractivity contribution < 1.29 is 19.7 Å². The van der Waals surface area contributed by atoms with Crippen LogP contribution in [0.15, 0.2) is 22.2 Å². The fraction of sp³-hybridized carbons (Fsp3) is 0.636. The van der Waals surface area contributed by atoms with Gasteiger partial charge in [0.15, 0.2) is 5.72 Å². The van der Waals surface area contributed by atoms with E-state index in [0.717, 1.165) is 4.57 Å². The summed E-state index contributed by atoms with van der Waals surface area (Å²) in [6.45, 7) is 1.03. The number of aliphatic hydroxyl groups excluding tert-OH is 2. The summed E-state index contributed by atoms with van der Waals surface area (Å²) in [5.41, 5.74) is 9.72. The minimum absolute atomic E-state index is 0.00362. The van der Waals surface area contributed by atoms with E-state index in [2.05, 4.69) is 15.0 Å². The molecule has 0 aliphatic carbocycles. The highest BCUT2D eigenvalue weighted by Gasteiger charge is 2.61. The van der Waals surface area contributed by atoms with Crippen molar-refractivity contribution in [1.82, 2.24) is 9.55 Å². The van der Waals surface area contributed by atoms with Gasteiger partial charge in [0, 0.05) is 18.2 Å². The molecule has 22 heavy (non-hydrogen) atoms. The first kappa shape index (κ1) is 16.2. The average Bonchev–Trinajstić information content (AvgIpc) is 2.62. The lowest BCUT2D eigenvalue weighted by molar-refractivity contribution is -0.182. The molecule has 2 rings (SSSR count). The van der Waals surface area contributed by atoms with E-state index in [9.17, 15) is 15.0 Å². The zero-order valence-electron chi connectivity index (χ0n) is 11.9. The monoisotopic (exact) mass is 312 g/mol. The number of nitrogen functional groups attached to an aromatic ring is 1. The Bertz CT molecular complexity index is 673. The van der Waals surface area contributed by atoms with Crippen LogP contribution in [0, 0.1) is 0 Å². The van der Waals surface area contributed by atoms with E-state index in [-0.39, 0.29) is 12.4 Å². The minimum Gasteiger partial charge on any atom is -0.387 e. The number of azide groups is 1. The molecule has 1 aliphatic heterocycles. The highest BCUT2D eigenvalue weighted by atomic mass is 16.6. The molecule has 1 aromatic heterocycles. The third-order valence-corrected chi connectivity index (χ3v) is 3.56. The van der Waals surface area contributed by atoms with Crippen molar-refractivity contribution in [2.45, 2.75) is 30.6 Å². The summed E-state index contributed by atoms with van der Waals surface area (Å²) < 4.78 is 11.4. The molecule has 1 saturated heterocycles. The fourth-order valence-electron chi connectivity index (χ4n) is 2.47. The van der Waals surface area contributed by atoms with Crippen LogP contribution in [0.1, 0.15) is 6.92 Å². The third kappa shape index (κ3) is 2.30. The first-order chi connectivity index (χ1) is 10.3. The summed E-state index contributed by atoms with van der Waals surface area (Å²) in [4.78, 5) is 18.1. The molecule has 11 nitrogen and oxygen atoms in total. The summed E-state index contributed by atoms with van der Waals surface area (Å²) in [7, 11) is 1.31. The molecule has 0 aromatic carbocycles. The van der Waals surface area contributed by atoms with E-state index in [0.29, 0.717) is 0 Å². The van der Waals surface area contributed by atoms with Crippen LogP contribution in [0.4, 0.5) is 5.82 Å². The minimum atomic E-state index is -1.88. The molecule has 0 spiro atoms. The van der Waals surface area contributed by atoms with Gasteiger partial charge in [-0.15, -0.1) is 0 Å². The topological polar surface area (TPSA) is 169 Å². The molecule has 2 heterocycles. The van der Waals surface area contributed by atoms with Gasteiger partial charge in [-0.1, -0.05) is 5.11 Å². The summed E-state index contributed by atoms with van der Waals surface area (Å²) >= 11 is 0. The molecule has 0 unspecified atom stereocenters. The van der Waals surface area contributed by atoms with Crippen LogP contribution in [0.3, 0.4) is 0 Å². The maximum Gasteiger partial charge on any atom is 0.351 e. The SMILES string of the molecule is COC[C@@]1(N=[N+]=[N-])O[C@@](C)(n2ccc(N)nc2=O)[C@H](O)[C@@H]1O. The van der Waals surface area contributed by atoms with Crippen molar-refractivity contribution in [1.29, 1.82) is 0 Å². The van der Waals surface area contributed by atoms with Gasteiger partial charge in [0.05, 0.1) is 6.61 Å². The summed E-state index contributed by atoms with van der Waals surface area (Å²) in [5, 5.41) is 24.0. The van der Waals surface area contributed by atoms with Crippen LogP contribution in [0.2, 0.25) is 0 Å². The van der Waals surface area contributed by atoms with Crippen molar-refractivity contribution >= 4 is 5.82 Å². The lowest BCUT2D eigenvalue weighted by Gasteiger charge is -2.31. The van der Waals surface area contributed by atoms with Crippen molar-refractivity contribution in [2.24, 2.45) is 5.11 Å². The highest BCUT2D eigenvalue weighted by Crippen LogP contribution is 2.42. The van der Waals surface area contributed by atoms with E-state index >= 15 is 0 Å². The second-order valence-corrected chi connectivity index (χ2v) is 5.02. The normalized spacial score (nSPS) is 34.4. The standard InChI is InChI=1S/C11H16N6O5/c1-10(17-4-3-6(12)14-9(17)20)7(18)8(19)11(22-10,5-21-2)15-16-13/h3-4,7-8,18-19H,5H2,1-2H3,(H2,12,14,20)/t7-,8+,10-,11-/m1/s1. The maximum atomic E-state index is 12.0. The van der Waals surface area contributed by atoms with Crippen LogP contribution in [0.25, 0.3) is 10.4 Å². The summed E-state index contributed by atoms with van der Waals surface area (Å²) in [6, 6.07) is 1.33.